The van der Waals surface area contributed by atoms with Gasteiger partial charge in [0.15, 0.2) is 0 Å². The third-order valence-electron chi connectivity index (χ3n) is 4.67. The molecule has 0 amide bonds. The van der Waals surface area contributed by atoms with E-state index >= 15 is 0 Å². The van der Waals surface area contributed by atoms with Crippen LogP contribution in [-0.4, -0.2) is 31.1 Å². The Morgan fingerprint density at radius 1 is 1.40 bits per heavy atom. The molecule has 2 nitrogen and oxygen atoms in total. The van der Waals surface area contributed by atoms with Gasteiger partial charge in [0, 0.05) is 24.2 Å². The average molecular weight is 315 g/mol. The van der Waals surface area contributed by atoms with Crippen molar-refractivity contribution >= 4 is 24.0 Å². The van der Waals surface area contributed by atoms with E-state index in [0.717, 1.165) is 11.6 Å². The van der Waals surface area contributed by atoms with Crippen molar-refractivity contribution in [2.75, 3.05) is 26.2 Å². The summed E-state index contributed by atoms with van der Waals surface area (Å²) >= 11 is 6.38. The Morgan fingerprint density at radius 3 is 2.90 bits per heavy atom. The molecule has 0 bridgehead atoms. The van der Waals surface area contributed by atoms with Crippen LogP contribution in [0.5, 0.6) is 0 Å². The van der Waals surface area contributed by atoms with Gasteiger partial charge in [0.05, 0.1) is 0 Å². The largest absolute Gasteiger partial charge is 0.316 e. The van der Waals surface area contributed by atoms with Crippen LogP contribution in [0.3, 0.4) is 0 Å². The Morgan fingerprint density at radius 2 is 2.20 bits per heavy atom. The van der Waals surface area contributed by atoms with Crippen molar-refractivity contribution in [3.63, 3.8) is 0 Å². The highest BCUT2D eigenvalue weighted by Gasteiger charge is 2.35. The van der Waals surface area contributed by atoms with Gasteiger partial charge >= 0.3 is 0 Å². The molecule has 1 aromatic rings. The smallest absolute Gasteiger partial charge is 0.0453 e. The number of likely N-dealkylation sites (tertiary alicyclic amines) is 1. The highest BCUT2D eigenvalue weighted by atomic mass is 35.5. The molecule has 112 valence electrons. The zero-order valence-electron chi connectivity index (χ0n) is 12.1. The van der Waals surface area contributed by atoms with Crippen molar-refractivity contribution in [2.45, 2.75) is 32.2 Å². The molecule has 0 aliphatic carbocycles. The van der Waals surface area contributed by atoms with Crippen molar-refractivity contribution in [1.82, 2.24) is 10.2 Å². The van der Waals surface area contributed by atoms with E-state index in [-0.39, 0.29) is 12.4 Å². The number of rotatable bonds is 3. The van der Waals surface area contributed by atoms with Crippen LogP contribution >= 0.6 is 24.0 Å². The number of nitrogens with zero attached hydrogens (tertiary/aromatic N) is 1. The van der Waals surface area contributed by atoms with Crippen LogP contribution in [0, 0.1) is 5.41 Å². The molecule has 0 saturated carbocycles. The fourth-order valence-corrected chi connectivity index (χ4v) is 3.87. The van der Waals surface area contributed by atoms with Gasteiger partial charge in [0.2, 0.25) is 0 Å². The van der Waals surface area contributed by atoms with Gasteiger partial charge in [-0.1, -0.05) is 36.7 Å². The van der Waals surface area contributed by atoms with Crippen molar-refractivity contribution < 1.29 is 0 Å². The lowest BCUT2D eigenvalue weighted by atomic mass is 9.88. The highest BCUT2D eigenvalue weighted by molar-refractivity contribution is 6.31. The summed E-state index contributed by atoms with van der Waals surface area (Å²) in [7, 11) is 0. The van der Waals surface area contributed by atoms with E-state index in [2.05, 4.69) is 29.3 Å². The van der Waals surface area contributed by atoms with E-state index in [9.17, 15) is 0 Å². The summed E-state index contributed by atoms with van der Waals surface area (Å²) in [5.41, 5.74) is 1.75. The molecule has 1 N–H and O–H groups in total. The second kappa shape index (κ2) is 6.65. The van der Waals surface area contributed by atoms with E-state index < -0.39 is 0 Å². The molecule has 3 rings (SSSR count). The Hall–Kier alpha value is -0.280. The van der Waals surface area contributed by atoms with Crippen LogP contribution in [0.25, 0.3) is 0 Å². The number of hydrogen-bond donors (Lipinski definition) is 1. The molecule has 2 aliphatic heterocycles. The molecule has 2 unspecified atom stereocenters. The fraction of sp³-hybridized carbons (Fsp3) is 0.625. The number of benzene rings is 1. The van der Waals surface area contributed by atoms with Crippen molar-refractivity contribution in [3.8, 4) is 0 Å². The van der Waals surface area contributed by atoms with Gasteiger partial charge < -0.3 is 5.32 Å². The van der Waals surface area contributed by atoms with Gasteiger partial charge in [0.1, 0.15) is 0 Å². The molecule has 2 fully saturated rings. The maximum absolute atomic E-state index is 6.38. The molecule has 2 atom stereocenters. The number of nitrogens with one attached hydrogen (secondary N) is 1. The molecule has 4 heteroatoms. The second-order valence-corrected chi connectivity index (χ2v) is 6.79. The SMILES string of the molecule is CC1(CN2CCCC2c2ccccc2Cl)CCNC1.Cl. The third-order valence-corrected chi connectivity index (χ3v) is 5.01. The maximum Gasteiger partial charge on any atom is 0.0453 e. The lowest BCUT2D eigenvalue weighted by molar-refractivity contribution is 0.165. The maximum atomic E-state index is 6.38. The lowest BCUT2D eigenvalue weighted by Crippen LogP contribution is -2.37. The summed E-state index contributed by atoms with van der Waals surface area (Å²) in [5.74, 6) is 0. The number of halogens is 2. The minimum Gasteiger partial charge on any atom is -0.316 e. The van der Waals surface area contributed by atoms with Crippen LogP contribution in [0.2, 0.25) is 5.02 Å². The number of hydrogen-bond acceptors (Lipinski definition) is 2. The molecule has 1 aromatic carbocycles. The van der Waals surface area contributed by atoms with Gasteiger partial charge in [0.25, 0.3) is 0 Å². The van der Waals surface area contributed by atoms with Gasteiger partial charge in [-0.25, -0.2) is 0 Å². The summed E-state index contributed by atoms with van der Waals surface area (Å²) < 4.78 is 0. The van der Waals surface area contributed by atoms with Crippen molar-refractivity contribution in [3.05, 3.63) is 34.9 Å². The van der Waals surface area contributed by atoms with E-state index in [0.29, 0.717) is 11.5 Å². The van der Waals surface area contributed by atoms with Crippen LogP contribution < -0.4 is 5.32 Å². The molecule has 20 heavy (non-hydrogen) atoms. The molecular weight excluding hydrogens is 291 g/mol. The summed E-state index contributed by atoms with van der Waals surface area (Å²) in [6.45, 7) is 7.14. The first-order chi connectivity index (χ1) is 9.18. The molecule has 2 saturated heterocycles. The molecular formula is C16H24Cl2N2. The van der Waals surface area contributed by atoms with E-state index in [1.54, 1.807) is 0 Å². The van der Waals surface area contributed by atoms with Crippen LogP contribution in [0.1, 0.15) is 37.8 Å². The summed E-state index contributed by atoms with van der Waals surface area (Å²) in [6, 6.07) is 8.86. The van der Waals surface area contributed by atoms with E-state index in [1.807, 2.05) is 12.1 Å². The first-order valence-electron chi connectivity index (χ1n) is 7.37. The van der Waals surface area contributed by atoms with Gasteiger partial charge in [-0.15, -0.1) is 12.4 Å². The standard InChI is InChI=1S/C16H23ClN2.ClH/c1-16(8-9-18-11-16)12-19-10-4-7-15(19)13-5-2-3-6-14(13)17;/h2-3,5-6,15,18H,4,7-12H2,1H3;1H. The fourth-order valence-electron chi connectivity index (χ4n) is 3.61. The zero-order valence-corrected chi connectivity index (χ0v) is 13.6. The van der Waals surface area contributed by atoms with Gasteiger partial charge in [-0.2, -0.15) is 0 Å². The van der Waals surface area contributed by atoms with Gasteiger partial charge in [-0.05, 0) is 49.4 Å². The molecule has 2 aliphatic rings. The Labute approximate surface area is 133 Å². The van der Waals surface area contributed by atoms with E-state index in [4.69, 9.17) is 11.6 Å². The van der Waals surface area contributed by atoms with Crippen molar-refractivity contribution in [1.29, 1.82) is 0 Å². The van der Waals surface area contributed by atoms with Crippen molar-refractivity contribution in [2.24, 2.45) is 5.41 Å². The Bertz CT molecular complexity index is 444. The third kappa shape index (κ3) is 3.30. The molecule has 0 aromatic heterocycles. The zero-order chi connectivity index (χ0) is 13.3. The first-order valence-corrected chi connectivity index (χ1v) is 7.75. The molecule has 0 spiro atoms. The Kier molecular flexibility index (Phi) is 5.36. The highest BCUT2D eigenvalue weighted by Crippen LogP contribution is 2.38. The minimum absolute atomic E-state index is 0. The average Bonchev–Trinajstić information content (AvgIpc) is 3.00. The van der Waals surface area contributed by atoms with E-state index in [1.165, 1.54) is 44.5 Å². The predicted molar refractivity (Wildman–Crippen MR) is 87.8 cm³/mol. The quantitative estimate of drug-likeness (QED) is 0.910. The molecule has 2 heterocycles. The normalized spacial score (nSPS) is 30.4. The van der Waals surface area contributed by atoms with Crippen LogP contribution in [0.15, 0.2) is 24.3 Å². The Balaban J connectivity index is 0.00000147. The summed E-state index contributed by atoms with van der Waals surface area (Å²) in [5, 5.41) is 4.43. The van der Waals surface area contributed by atoms with Crippen LogP contribution in [0.4, 0.5) is 0 Å². The monoisotopic (exact) mass is 314 g/mol. The lowest BCUT2D eigenvalue weighted by Gasteiger charge is -2.33. The van der Waals surface area contributed by atoms with Gasteiger partial charge in [-0.3, -0.25) is 4.90 Å². The topological polar surface area (TPSA) is 15.3 Å². The minimum atomic E-state index is 0. The summed E-state index contributed by atoms with van der Waals surface area (Å²) in [4.78, 5) is 2.65. The second-order valence-electron chi connectivity index (χ2n) is 6.39. The first kappa shape index (κ1) is 16.1. The predicted octanol–water partition coefficient (Wildman–Crippen LogP) is 3.90. The van der Waals surface area contributed by atoms with Crippen LogP contribution in [-0.2, 0) is 0 Å². The summed E-state index contributed by atoms with van der Waals surface area (Å²) in [6.07, 6.45) is 3.82. The molecule has 0 radical (unpaired) electrons.